The number of aromatic nitrogens is 2. The molecular formula is C25H34N6O4. The van der Waals surface area contributed by atoms with Gasteiger partial charge >= 0.3 is 0 Å². The lowest BCUT2D eigenvalue weighted by atomic mass is 10.1. The van der Waals surface area contributed by atoms with E-state index in [0.29, 0.717) is 45.1 Å². The van der Waals surface area contributed by atoms with Crippen LogP contribution < -0.4 is 10.6 Å². The predicted molar refractivity (Wildman–Crippen MR) is 130 cm³/mol. The number of ether oxygens (including phenoxy) is 1. The van der Waals surface area contributed by atoms with Crippen LogP contribution in [0.25, 0.3) is 0 Å². The highest BCUT2D eigenvalue weighted by atomic mass is 16.5. The van der Waals surface area contributed by atoms with Gasteiger partial charge in [-0.05, 0) is 31.4 Å². The molecule has 0 saturated carbocycles. The summed E-state index contributed by atoms with van der Waals surface area (Å²) in [6.07, 6.45) is 0.745. The van der Waals surface area contributed by atoms with Crippen molar-refractivity contribution in [3.63, 3.8) is 0 Å². The minimum absolute atomic E-state index is 0.138. The SMILES string of the molecule is Cc1ccccc1CN1CCCn2nc(C(=O)NC(C)C(=O)NCCN3CCOCC3)cc2C1=O. The molecule has 10 nitrogen and oxygen atoms in total. The molecule has 2 aliphatic rings. The van der Waals surface area contributed by atoms with Crippen molar-refractivity contribution in [1.29, 1.82) is 0 Å². The van der Waals surface area contributed by atoms with Gasteiger partial charge in [0.1, 0.15) is 11.7 Å². The Morgan fingerprint density at radius 3 is 2.69 bits per heavy atom. The average molecular weight is 483 g/mol. The maximum absolute atomic E-state index is 13.2. The second-order valence-electron chi connectivity index (χ2n) is 9.08. The van der Waals surface area contributed by atoms with Crippen LogP contribution in [0.1, 0.15) is 45.4 Å². The Morgan fingerprint density at radius 2 is 1.91 bits per heavy atom. The molecule has 3 amide bonds. The topological polar surface area (TPSA) is 109 Å². The highest BCUT2D eigenvalue weighted by Gasteiger charge is 2.27. The third-order valence-electron chi connectivity index (χ3n) is 6.51. The molecular weight excluding hydrogens is 448 g/mol. The van der Waals surface area contributed by atoms with Crippen molar-refractivity contribution in [2.45, 2.75) is 39.4 Å². The van der Waals surface area contributed by atoms with E-state index >= 15 is 0 Å². The molecule has 1 aromatic heterocycles. The van der Waals surface area contributed by atoms with E-state index in [9.17, 15) is 14.4 Å². The number of morpholine rings is 1. The first-order valence-electron chi connectivity index (χ1n) is 12.2. The largest absolute Gasteiger partial charge is 0.379 e. The van der Waals surface area contributed by atoms with Crippen molar-refractivity contribution in [3.8, 4) is 0 Å². The highest BCUT2D eigenvalue weighted by Crippen LogP contribution is 2.18. The summed E-state index contributed by atoms with van der Waals surface area (Å²) in [6, 6.07) is 8.81. The van der Waals surface area contributed by atoms with E-state index in [1.807, 2.05) is 31.2 Å². The molecule has 2 aromatic rings. The number of hydrogen-bond acceptors (Lipinski definition) is 6. The molecule has 4 rings (SSSR count). The molecule has 0 bridgehead atoms. The lowest BCUT2D eigenvalue weighted by molar-refractivity contribution is -0.122. The standard InChI is InChI=1S/C25H34N6O4/c1-18-6-3-4-7-20(18)17-30-9-5-10-31-22(25(30)34)16-21(28-31)24(33)27-19(2)23(32)26-8-11-29-12-14-35-15-13-29/h3-4,6-7,16,19H,5,8-15,17H2,1-2H3,(H,26,32)(H,27,33). The number of amides is 3. The van der Waals surface area contributed by atoms with Crippen molar-refractivity contribution in [1.82, 2.24) is 30.2 Å². The minimum Gasteiger partial charge on any atom is -0.379 e. The van der Waals surface area contributed by atoms with E-state index in [0.717, 1.165) is 37.2 Å². The van der Waals surface area contributed by atoms with Gasteiger partial charge < -0.3 is 20.3 Å². The van der Waals surface area contributed by atoms with Crippen LogP contribution in [0.2, 0.25) is 0 Å². The number of fused-ring (bicyclic) bond motifs is 1. The number of rotatable bonds is 8. The fraction of sp³-hybridized carbons (Fsp3) is 0.520. The van der Waals surface area contributed by atoms with Crippen LogP contribution in [0.5, 0.6) is 0 Å². The predicted octanol–water partition coefficient (Wildman–Crippen LogP) is 0.804. The number of aryl methyl sites for hydroxylation is 2. The third kappa shape index (κ3) is 6.26. The molecule has 1 fully saturated rings. The molecule has 0 spiro atoms. The molecule has 0 radical (unpaired) electrons. The summed E-state index contributed by atoms with van der Waals surface area (Å²) < 4.78 is 6.92. The molecule has 35 heavy (non-hydrogen) atoms. The van der Waals surface area contributed by atoms with Crippen molar-refractivity contribution in [2.75, 3.05) is 45.9 Å². The van der Waals surface area contributed by atoms with Crippen molar-refractivity contribution < 1.29 is 19.1 Å². The molecule has 2 aliphatic heterocycles. The number of nitrogens with zero attached hydrogens (tertiary/aromatic N) is 4. The molecule has 0 aliphatic carbocycles. The van der Waals surface area contributed by atoms with E-state index in [4.69, 9.17) is 4.74 Å². The normalized spacial score (nSPS) is 17.4. The van der Waals surface area contributed by atoms with Crippen LogP contribution >= 0.6 is 0 Å². The lowest BCUT2D eigenvalue weighted by Crippen LogP contribution is -2.47. The van der Waals surface area contributed by atoms with E-state index in [1.54, 1.807) is 16.5 Å². The second-order valence-corrected chi connectivity index (χ2v) is 9.08. The summed E-state index contributed by atoms with van der Waals surface area (Å²) in [5, 5.41) is 9.92. The van der Waals surface area contributed by atoms with Gasteiger partial charge in [0, 0.05) is 51.9 Å². The smallest absolute Gasteiger partial charge is 0.272 e. The van der Waals surface area contributed by atoms with Crippen LogP contribution in [-0.2, 0) is 22.6 Å². The minimum atomic E-state index is -0.720. The third-order valence-corrected chi connectivity index (χ3v) is 6.51. The van der Waals surface area contributed by atoms with Crippen LogP contribution in [0.4, 0.5) is 0 Å². The van der Waals surface area contributed by atoms with Crippen molar-refractivity contribution in [3.05, 3.63) is 52.8 Å². The van der Waals surface area contributed by atoms with E-state index < -0.39 is 11.9 Å². The number of benzene rings is 1. The maximum atomic E-state index is 13.2. The van der Waals surface area contributed by atoms with Gasteiger partial charge in [-0.1, -0.05) is 24.3 Å². The Morgan fingerprint density at radius 1 is 1.14 bits per heavy atom. The summed E-state index contributed by atoms with van der Waals surface area (Å²) in [6.45, 7) is 9.73. The Bertz CT molecular complexity index is 1060. The maximum Gasteiger partial charge on any atom is 0.272 e. The fourth-order valence-corrected chi connectivity index (χ4v) is 4.34. The molecule has 10 heteroatoms. The summed E-state index contributed by atoms with van der Waals surface area (Å²) >= 11 is 0. The quantitative estimate of drug-likeness (QED) is 0.576. The molecule has 3 heterocycles. The van der Waals surface area contributed by atoms with Gasteiger partial charge in [-0.15, -0.1) is 0 Å². The molecule has 1 saturated heterocycles. The summed E-state index contributed by atoms with van der Waals surface area (Å²) in [7, 11) is 0. The summed E-state index contributed by atoms with van der Waals surface area (Å²) in [5.74, 6) is -0.876. The van der Waals surface area contributed by atoms with Gasteiger partial charge in [-0.25, -0.2) is 0 Å². The number of carbonyl (C=O) groups excluding carboxylic acids is 3. The molecule has 1 unspecified atom stereocenters. The van der Waals surface area contributed by atoms with Crippen LogP contribution in [0.15, 0.2) is 30.3 Å². The Balaban J connectivity index is 1.33. The summed E-state index contributed by atoms with van der Waals surface area (Å²) in [4.78, 5) is 42.5. The Labute approximate surface area is 205 Å². The number of hydrogen-bond donors (Lipinski definition) is 2. The van der Waals surface area contributed by atoms with E-state index in [1.165, 1.54) is 6.07 Å². The van der Waals surface area contributed by atoms with Gasteiger partial charge in [-0.3, -0.25) is 24.0 Å². The monoisotopic (exact) mass is 482 g/mol. The van der Waals surface area contributed by atoms with E-state index in [-0.39, 0.29) is 17.5 Å². The van der Waals surface area contributed by atoms with Gasteiger partial charge in [0.05, 0.1) is 13.2 Å². The Kier molecular flexibility index (Phi) is 8.14. The van der Waals surface area contributed by atoms with Gasteiger partial charge in [0.25, 0.3) is 11.8 Å². The second kappa shape index (κ2) is 11.5. The van der Waals surface area contributed by atoms with Gasteiger partial charge in [0.15, 0.2) is 5.69 Å². The van der Waals surface area contributed by atoms with Crippen LogP contribution in [-0.4, -0.2) is 89.3 Å². The zero-order valence-corrected chi connectivity index (χ0v) is 20.5. The van der Waals surface area contributed by atoms with Gasteiger partial charge in [-0.2, -0.15) is 5.10 Å². The summed E-state index contributed by atoms with van der Waals surface area (Å²) in [5.41, 5.74) is 2.76. The molecule has 2 N–H and O–H groups in total. The zero-order chi connectivity index (χ0) is 24.8. The van der Waals surface area contributed by atoms with Crippen molar-refractivity contribution in [2.24, 2.45) is 0 Å². The lowest BCUT2D eigenvalue weighted by Gasteiger charge is -2.26. The molecule has 188 valence electrons. The van der Waals surface area contributed by atoms with Crippen molar-refractivity contribution >= 4 is 17.7 Å². The molecule has 1 atom stereocenters. The first-order valence-corrected chi connectivity index (χ1v) is 12.2. The van der Waals surface area contributed by atoms with E-state index in [2.05, 4.69) is 20.6 Å². The number of carbonyl (C=O) groups is 3. The first kappa shape index (κ1) is 24.9. The van der Waals surface area contributed by atoms with Gasteiger partial charge in [0.2, 0.25) is 5.91 Å². The molecule has 1 aromatic carbocycles. The highest BCUT2D eigenvalue weighted by molar-refractivity contribution is 5.99. The average Bonchev–Trinajstić information content (AvgIpc) is 3.23. The fourth-order valence-electron chi connectivity index (χ4n) is 4.34. The Hall–Kier alpha value is -3.24. The first-order chi connectivity index (χ1) is 16.9. The number of nitrogens with one attached hydrogen (secondary N) is 2. The van der Waals surface area contributed by atoms with Crippen LogP contribution in [0, 0.1) is 6.92 Å². The zero-order valence-electron chi connectivity index (χ0n) is 20.5. The van der Waals surface area contributed by atoms with Crippen LogP contribution in [0.3, 0.4) is 0 Å².